The highest BCUT2D eigenvalue weighted by molar-refractivity contribution is 6.24. The van der Waals surface area contributed by atoms with Gasteiger partial charge < -0.3 is 9.76 Å². The molecule has 1 N–H and O–H groups in total. The maximum Gasteiger partial charge on any atom is 0.275 e. The van der Waals surface area contributed by atoms with Crippen LogP contribution in [0.15, 0.2) is 24.3 Å². The SMILES string of the molecule is COc1ccc(CBO)cc1. The first kappa shape index (κ1) is 8.14. The van der Waals surface area contributed by atoms with Gasteiger partial charge in [-0.3, -0.25) is 0 Å². The van der Waals surface area contributed by atoms with E-state index in [9.17, 15) is 0 Å². The van der Waals surface area contributed by atoms with E-state index in [0.717, 1.165) is 11.3 Å². The number of hydrogen-bond acceptors (Lipinski definition) is 2. The summed E-state index contributed by atoms with van der Waals surface area (Å²) in [7, 11) is 1.84. The molecule has 0 spiro atoms. The Labute approximate surface area is 67.1 Å². The number of hydrogen-bond donors (Lipinski definition) is 1. The molecule has 1 aromatic carbocycles. The standard InChI is InChI=1S/C8H11BO2/c1-11-8-4-2-7(3-5-8)6-9-10/h2-5,9-10H,6H2,1H3. The highest BCUT2D eigenvalue weighted by Gasteiger charge is 1.93. The predicted octanol–water partition coefficient (Wildman–Crippen LogP) is 0.539. The molecule has 58 valence electrons. The molecule has 1 rings (SSSR count). The van der Waals surface area contributed by atoms with Crippen molar-refractivity contribution in [2.45, 2.75) is 6.32 Å². The van der Waals surface area contributed by atoms with E-state index in [1.54, 1.807) is 7.11 Å². The van der Waals surface area contributed by atoms with Gasteiger partial charge in [0.2, 0.25) is 0 Å². The molecule has 0 unspecified atom stereocenters. The van der Waals surface area contributed by atoms with Gasteiger partial charge in [0.1, 0.15) is 5.75 Å². The van der Waals surface area contributed by atoms with Gasteiger partial charge in [-0.25, -0.2) is 0 Å². The molecule has 3 heteroatoms. The van der Waals surface area contributed by atoms with Gasteiger partial charge in [-0.1, -0.05) is 17.7 Å². The first-order chi connectivity index (χ1) is 5.36. The molecule has 0 aliphatic rings. The van der Waals surface area contributed by atoms with E-state index in [-0.39, 0.29) is 7.48 Å². The van der Waals surface area contributed by atoms with E-state index < -0.39 is 0 Å². The Kier molecular flexibility index (Phi) is 2.99. The van der Waals surface area contributed by atoms with E-state index in [0.29, 0.717) is 6.32 Å². The van der Waals surface area contributed by atoms with Crippen LogP contribution in [0.25, 0.3) is 0 Å². The molecule has 0 aliphatic heterocycles. The average Bonchev–Trinajstić information content (AvgIpc) is 2.07. The Morgan fingerprint density at radius 2 is 2.00 bits per heavy atom. The summed E-state index contributed by atoms with van der Waals surface area (Å²) < 4.78 is 4.98. The van der Waals surface area contributed by atoms with Crippen LogP contribution in [0.2, 0.25) is 0 Å². The smallest absolute Gasteiger partial charge is 0.275 e. The van der Waals surface area contributed by atoms with E-state index in [4.69, 9.17) is 9.76 Å². The van der Waals surface area contributed by atoms with Gasteiger partial charge in [-0.2, -0.15) is 0 Å². The molecule has 0 aromatic heterocycles. The molecule has 0 heterocycles. The zero-order valence-electron chi connectivity index (χ0n) is 6.58. The molecule has 0 aliphatic carbocycles. The van der Waals surface area contributed by atoms with Crippen molar-refractivity contribution in [3.05, 3.63) is 29.8 Å². The average molecular weight is 150 g/mol. The number of ether oxygens (including phenoxy) is 1. The fraction of sp³-hybridized carbons (Fsp3) is 0.250. The molecular formula is C8H11BO2. The first-order valence-electron chi connectivity index (χ1n) is 3.60. The van der Waals surface area contributed by atoms with Crippen molar-refractivity contribution in [3.8, 4) is 5.75 Å². The van der Waals surface area contributed by atoms with Crippen molar-refractivity contribution in [3.63, 3.8) is 0 Å². The van der Waals surface area contributed by atoms with Crippen LogP contribution in [0.1, 0.15) is 5.56 Å². The van der Waals surface area contributed by atoms with Crippen molar-refractivity contribution in [1.29, 1.82) is 0 Å². The number of benzene rings is 1. The number of methoxy groups -OCH3 is 1. The van der Waals surface area contributed by atoms with Crippen LogP contribution < -0.4 is 4.74 Å². The molecule has 1 aromatic rings. The van der Waals surface area contributed by atoms with Crippen LogP contribution in [0.4, 0.5) is 0 Å². The predicted molar refractivity (Wildman–Crippen MR) is 46.1 cm³/mol. The molecule has 2 nitrogen and oxygen atoms in total. The minimum atomic E-state index is 0.201. The third-order valence-corrected chi connectivity index (χ3v) is 1.56. The summed E-state index contributed by atoms with van der Waals surface area (Å²) in [6.07, 6.45) is 0.712. The second-order valence-corrected chi connectivity index (χ2v) is 2.32. The maximum absolute atomic E-state index is 8.61. The highest BCUT2D eigenvalue weighted by Crippen LogP contribution is 2.10. The van der Waals surface area contributed by atoms with E-state index in [2.05, 4.69) is 0 Å². The van der Waals surface area contributed by atoms with Gasteiger partial charge >= 0.3 is 0 Å². The molecule has 0 amide bonds. The number of rotatable bonds is 3. The van der Waals surface area contributed by atoms with E-state index in [1.807, 2.05) is 24.3 Å². The van der Waals surface area contributed by atoms with Crippen LogP contribution in [-0.2, 0) is 6.32 Å². The lowest BCUT2D eigenvalue weighted by Gasteiger charge is -2.00. The minimum absolute atomic E-state index is 0.201. The summed E-state index contributed by atoms with van der Waals surface area (Å²) in [6, 6.07) is 7.69. The Bertz CT molecular complexity index is 208. The van der Waals surface area contributed by atoms with Gasteiger partial charge in [0.15, 0.2) is 0 Å². The van der Waals surface area contributed by atoms with Gasteiger partial charge in [0.25, 0.3) is 7.48 Å². The van der Waals surface area contributed by atoms with Crippen LogP contribution in [0.3, 0.4) is 0 Å². The molecule has 0 bridgehead atoms. The normalized spacial score (nSPS) is 9.27. The lowest BCUT2D eigenvalue weighted by molar-refractivity contribution is 0.414. The van der Waals surface area contributed by atoms with Crippen molar-refractivity contribution in [2.24, 2.45) is 0 Å². The van der Waals surface area contributed by atoms with E-state index >= 15 is 0 Å². The molecule has 0 atom stereocenters. The molecule has 0 saturated carbocycles. The van der Waals surface area contributed by atoms with Gasteiger partial charge in [0.05, 0.1) is 7.11 Å². The largest absolute Gasteiger partial charge is 0.497 e. The topological polar surface area (TPSA) is 29.5 Å². The quantitative estimate of drug-likeness (QED) is 0.637. The van der Waals surface area contributed by atoms with Gasteiger partial charge in [-0.05, 0) is 18.5 Å². The minimum Gasteiger partial charge on any atom is -0.497 e. The Morgan fingerprint density at radius 1 is 1.36 bits per heavy atom. The lowest BCUT2D eigenvalue weighted by Crippen LogP contribution is -1.94. The first-order valence-corrected chi connectivity index (χ1v) is 3.60. The van der Waals surface area contributed by atoms with E-state index in [1.165, 1.54) is 0 Å². The highest BCUT2D eigenvalue weighted by atomic mass is 16.5. The lowest BCUT2D eigenvalue weighted by atomic mass is 9.90. The monoisotopic (exact) mass is 150 g/mol. The summed E-state index contributed by atoms with van der Waals surface area (Å²) in [5.74, 6) is 0.853. The zero-order chi connectivity index (χ0) is 8.10. The van der Waals surface area contributed by atoms with Gasteiger partial charge in [0, 0.05) is 0 Å². The second-order valence-electron chi connectivity index (χ2n) is 2.32. The summed E-state index contributed by atoms with van der Waals surface area (Å²) in [5.41, 5.74) is 1.13. The maximum atomic E-state index is 8.61. The zero-order valence-corrected chi connectivity index (χ0v) is 6.58. The molecule has 0 saturated heterocycles. The van der Waals surface area contributed by atoms with Crippen LogP contribution >= 0.6 is 0 Å². The van der Waals surface area contributed by atoms with Gasteiger partial charge in [-0.15, -0.1) is 0 Å². The van der Waals surface area contributed by atoms with Crippen molar-refractivity contribution in [1.82, 2.24) is 0 Å². The fourth-order valence-corrected chi connectivity index (χ4v) is 0.921. The summed E-state index contributed by atoms with van der Waals surface area (Å²) >= 11 is 0. The summed E-state index contributed by atoms with van der Waals surface area (Å²) in [6.45, 7) is 0. The van der Waals surface area contributed by atoms with Crippen molar-refractivity contribution >= 4 is 7.48 Å². The van der Waals surface area contributed by atoms with Crippen molar-refractivity contribution in [2.75, 3.05) is 7.11 Å². The molecule has 0 radical (unpaired) electrons. The Hall–Kier alpha value is -0.955. The second kappa shape index (κ2) is 4.03. The Morgan fingerprint density at radius 3 is 2.45 bits per heavy atom. The van der Waals surface area contributed by atoms with Crippen LogP contribution in [0, 0.1) is 0 Å². The van der Waals surface area contributed by atoms with Crippen LogP contribution in [0.5, 0.6) is 5.75 Å². The molecule has 11 heavy (non-hydrogen) atoms. The third-order valence-electron chi connectivity index (χ3n) is 1.56. The fourth-order valence-electron chi connectivity index (χ4n) is 0.921. The molecular weight excluding hydrogens is 139 g/mol. The summed E-state index contributed by atoms with van der Waals surface area (Å²) in [5, 5.41) is 8.61. The summed E-state index contributed by atoms with van der Waals surface area (Å²) in [4.78, 5) is 0. The van der Waals surface area contributed by atoms with Crippen molar-refractivity contribution < 1.29 is 9.76 Å². The Balaban J connectivity index is 2.66. The molecule has 0 fully saturated rings. The van der Waals surface area contributed by atoms with Crippen LogP contribution in [-0.4, -0.2) is 19.6 Å². The third kappa shape index (κ3) is 2.28.